The van der Waals surface area contributed by atoms with Crippen LogP contribution in [0.4, 0.5) is 0 Å². The van der Waals surface area contributed by atoms with Crippen molar-refractivity contribution >= 4 is 19.5 Å². The standard InChI is InChI=1S/C6H10N2OS.C3H6N2OS.CH4/c1-6-3-2-4-10(6,9)8-5-7;1-7(2,6)5-3-4;/h6H,2-4H2,1H3;1-2H3;1H4. The lowest BCUT2D eigenvalue weighted by Crippen LogP contribution is -2.10. The Hall–Kier alpha value is -1.12. The van der Waals surface area contributed by atoms with E-state index in [1.807, 2.05) is 6.92 Å². The molecule has 18 heavy (non-hydrogen) atoms. The van der Waals surface area contributed by atoms with E-state index >= 15 is 0 Å². The second-order valence-electron chi connectivity index (χ2n) is 3.91. The maximum absolute atomic E-state index is 11.5. The predicted molar refractivity (Wildman–Crippen MR) is 74.5 cm³/mol. The quantitative estimate of drug-likeness (QED) is 0.636. The lowest BCUT2D eigenvalue weighted by atomic mass is 10.3. The molecule has 0 spiro atoms. The van der Waals surface area contributed by atoms with Gasteiger partial charge in [-0.2, -0.15) is 10.5 Å². The Balaban J connectivity index is 0. The van der Waals surface area contributed by atoms with Crippen LogP contribution in [0.2, 0.25) is 0 Å². The van der Waals surface area contributed by atoms with E-state index in [-0.39, 0.29) is 12.7 Å². The Morgan fingerprint density at radius 2 is 1.89 bits per heavy atom. The molecule has 0 N–H and O–H groups in total. The normalized spacial score (nSPS) is 25.5. The maximum atomic E-state index is 11.5. The van der Waals surface area contributed by atoms with Gasteiger partial charge in [0.2, 0.25) is 12.4 Å². The molecule has 104 valence electrons. The molecule has 1 rings (SSSR count). The van der Waals surface area contributed by atoms with E-state index in [0.717, 1.165) is 12.8 Å². The fourth-order valence-corrected chi connectivity index (χ4v) is 3.39. The molecular formula is C10H20N4O2S2. The van der Waals surface area contributed by atoms with Gasteiger partial charge in [0.1, 0.15) is 0 Å². The van der Waals surface area contributed by atoms with Gasteiger partial charge >= 0.3 is 0 Å². The van der Waals surface area contributed by atoms with Crippen molar-refractivity contribution in [2.24, 2.45) is 8.73 Å². The predicted octanol–water partition coefficient (Wildman–Crippen LogP) is 1.95. The fraction of sp³-hybridized carbons (Fsp3) is 0.800. The van der Waals surface area contributed by atoms with Gasteiger partial charge in [0.25, 0.3) is 0 Å². The van der Waals surface area contributed by atoms with Crippen molar-refractivity contribution in [1.29, 1.82) is 10.5 Å². The highest BCUT2D eigenvalue weighted by atomic mass is 32.2. The van der Waals surface area contributed by atoms with Crippen molar-refractivity contribution in [3.05, 3.63) is 0 Å². The van der Waals surface area contributed by atoms with Crippen molar-refractivity contribution in [2.75, 3.05) is 18.3 Å². The molecule has 0 bridgehead atoms. The monoisotopic (exact) mass is 292 g/mol. The average Bonchev–Trinajstić information content (AvgIpc) is 2.46. The molecule has 0 aromatic rings. The molecule has 0 aliphatic carbocycles. The Labute approximate surface area is 110 Å². The van der Waals surface area contributed by atoms with Gasteiger partial charge in [-0.3, -0.25) is 0 Å². The topological polar surface area (TPSA) is 106 Å². The molecule has 2 unspecified atom stereocenters. The number of rotatable bonds is 0. The summed E-state index contributed by atoms with van der Waals surface area (Å²) in [4.78, 5) is 0. The van der Waals surface area contributed by atoms with Crippen LogP contribution in [0, 0.1) is 22.9 Å². The van der Waals surface area contributed by atoms with Gasteiger partial charge in [0, 0.05) is 23.5 Å². The molecule has 1 aliphatic rings. The molecule has 0 amide bonds. The van der Waals surface area contributed by atoms with E-state index in [2.05, 4.69) is 8.73 Å². The van der Waals surface area contributed by atoms with Crippen LogP contribution in [-0.4, -0.2) is 31.9 Å². The van der Waals surface area contributed by atoms with E-state index in [0.29, 0.717) is 5.75 Å². The first-order valence-corrected chi connectivity index (χ1v) is 9.00. The van der Waals surface area contributed by atoms with Crippen molar-refractivity contribution in [3.63, 3.8) is 0 Å². The van der Waals surface area contributed by atoms with Crippen LogP contribution in [0.1, 0.15) is 27.2 Å². The molecule has 1 saturated heterocycles. The van der Waals surface area contributed by atoms with Crippen LogP contribution < -0.4 is 0 Å². The van der Waals surface area contributed by atoms with Crippen LogP contribution in [0.15, 0.2) is 8.73 Å². The zero-order chi connectivity index (χ0) is 13.5. The van der Waals surface area contributed by atoms with Crippen molar-refractivity contribution in [2.45, 2.75) is 32.4 Å². The second kappa shape index (κ2) is 8.06. The lowest BCUT2D eigenvalue weighted by molar-refractivity contribution is 0.674. The van der Waals surface area contributed by atoms with Crippen LogP contribution in [0.5, 0.6) is 0 Å². The molecule has 1 heterocycles. The first-order valence-electron chi connectivity index (χ1n) is 4.92. The molecule has 0 aromatic heterocycles. The van der Waals surface area contributed by atoms with Crippen LogP contribution in [-0.2, 0) is 19.5 Å². The third-order valence-corrected chi connectivity index (χ3v) is 5.41. The molecular weight excluding hydrogens is 272 g/mol. The fourth-order valence-electron chi connectivity index (χ4n) is 1.27. The minimum atomic E-state index is -2.16. The van der Waals surface area contributed by atoms with E-state index < -0.39 is 19.5 Å². The van der Waals surface area contributed by atoms with Crippen LogP contribution >= 0.6 is 0 Å². The maximum Gasteiger partial charge on any atom is 0.214 e. The molecule has 0 radical (unpaired) electrons. The summed E-state index contributed by atoms with van der Waals surface area (Å²) < 4.78 is 28.5. The summed E-state index contributed by atoms with van der Waals surface area (Å²) in [5, 5.41) is 16.1. The third kappa shape index (κ3) is 7.25. The zero-order valence-corrected chi connectivity index (χ0v) is 11.8. The van der Waals surface area contributed by atoms with Crippen LogP contribution in [0.3, 0.4) is 0 Å². The minimum Gasteiger partial charge on any atom is -0.249 e. The van der Waals surface area contributed by atoms with Gasteiger partial charge < -0.3 is 0 Å². The summed E-state index contributed by atoms with van der Waals surface area (Å²) in [5.41, 5.74) is 0. The Morgan fingerprint density at radius 3 is 2.11 bits per heavy atom. The zero-order valence-electron chi connectivity index (χ0n) is 10.1. The first-order chi connectivity index (χ1) is 7.75. The van der Waals surface area contributed by atoms with Gasteiger partial charge in [-0.15, -0.1) is 8.73 Å². The summed E-state index contributed by atoms with van der Waals surface area (Å²) in [6, 6.07) is 0. The summed E-state index contributed by atoms with van der Waals surface area (Å²) in [5.74, 6) is 0.613. The summed E-state index contributed by atoms with van der Waals surface area (Å²) in [6.45, 7) is 1.90. The molecule has 2 atom stereocenters. The Morgan fingerprint density at radius 1 is 1.33 bits per heavy atom. The van der Waals surface area contributed by atoms with Crippen molar-refractivity contribution in [1.82, 2.24) is 0 Å². The summed E-state index contributed by atoms with van der Waals surface area (Å²) in [6.07, 6.45) is 7.81. The van der Waals surface area contributed by atoms with E-state index in [1.165, 1.54) is 18.7 Å². The van der Waals surface area contributed by atoms with Crippen LogP contribution in [0.25, 0.3) is 0 Å². The first kappa shape index (κ1) is 19.2. The van der Waals surface area contributed by atoms with Gasteiger partial charge in [-0.25, -0.2) is 8.42 Å². The smallest absolute Gasteiger partial charge is 0.214 e. The number of hydrogen-bond donors (Lipinski definition) is 0. The van der Waals surface area contributed by atoms with Crippen molar-refractivity contribution < 1.29 is 8.42 Å². The SMILES string of the molecule is C.CC1CCCS1(=O)=NC#N.CS(C)(=O)=NC#N. The van der Waals surface area contributed by atoms with E-state index in [9.17, 15) is 8.42 Å². The number of nitrogens with zero attached hydrogens (tertiary/aromatic N) is 4. The van der Waals surface area contributed by atoms with Crippen molar-refractivity contribution in [3.8, 4) is 12.4 Å². The van der Waals surface area contributed by atoms with Gasteiger partial charge in [0.15, 0.2) is 0 Å². The number of hydrogen-bond acceptors (Lipinski definition) is 6. The average molecular weight is 292 g/mol. The van der Waals surface area contributed by atoms with Gasteiger partial charge in [-0.05, 0) is 19.8 Å². The molecule has 0 aromatic carbocycles. The van der Waals surface area contributed by atoms with Gasteiger partial charge in [0.05, 0.1) is 19.5 Å². The highest BCUT2D eigenvalue weighted by Crippen LogP contribution is 2.21. The molecule has 8 heteroatoms. The van der Waals surface area contributed by atoms with E-state index in [1.54, 1.807) is 6.19 Å². The molecule has 0 saturated carbocycles. The summed E-state index contributed by atoms with van der Waals surface area (Å²) >= 11 is 0. The molecule has 1 aliphatic heterocycles. The van der Waals surface area contributed by atoms with E-state index in [4.69, 9.17) is 10.5 Å². The Kier molecular flexibility index (Phi) is 8.61. The van der Waals surface area contributed by atoms with Gasteiger partial charge in [-0.1, -0.05) is 7.43 Å². The lowest BCUT2D eigenvalue weighted by Gasteiger charge is -2.02. The third-order valence-electron chi connectivity index (χ3n) is 2.13. The molecule has 6 nitrogen and oxygen atoms in total. The minimum absolute atomic E-state index is 0. The molecule has 1 fully saturated rings. The second-order valence-corrected chi connectivity index (χ2v) is 9.23. The highest BCUT2D eigenvalue weighted by Gasteiger charge is 2.25. The number of nitriles is 2. The largest absolute Gasteiger partial charge is 0.249 e. The highest BCUT2D eigenvalue weighted by molar-refractivity contribution is 7.94. The summed E-state index contributed by atoms with van der Waals surface area (Å²) in [7, 11) is -4.28. The Bertz CT molecular complexity index is 560.